The molecule has 2 aromatic heterocycles. The summed E-state index contributed by atoms with van der Waals surface area (Å²) < 4.78 is 3.75. The number of nitrogens with zero attached hydrogens (tertiary/aromatic N) is 5. The standard InChI is InChI=1S/C16H17N5OS2/c1-3-12-6-4-5-7-13(12)21-11-17-19-16(21)24-10-14(22)18-15-20(2)8-9-23-15/h4-9,11H,3,10H2,1-2H3. The van der Waals surface area contributed by atoms with Gasteiger partial charge < -0.3 is 4.57 Å². The summed E-state index contributed by atoms with van der Waals surface area (Å²) in [4.78, 5) is 16.9. The first-order valence-electron chi connectivity index (χ1n) is 7.48. The molecule has 0 saturated carbocycles. The van der Waals surface area contributed by atoms with Crippen LogP contribution in [0, 0.1) is 0 Å². The number of carbonyl (C=O) groups is 1. The molecule has 6 nitrogen and oxygen atoms in total. The van der Waals surface area contributed by atoms with E-state index >= 15 is 0 Å². The molecule has 24 heavy (non-hydrogen) atoms. The number of para-hydroxylation sites is 1. The van der Waals surface area contributed by atoms with Gasteiger partial charge in [-0.05, 0) is 18.1 Å². The largest absolute Gasteiger partial charge is 0.327 e. The molecule has 3 rings (SSSR count). The smallest absolute Gasteiger partial charge is 0.258 e. The highest BCUT2D eigenvalue weighted by Crippen LogP contribution is 2.22. The Morgan fingerprint density at radius 1 is 1.38 bits per heavy atom. The number of aryl methyl sites for hydroxylation is 2. The highest BCUT2D eigenvalue weighted by atomic mass is 32.2. The molecule has 1 aromatic carbocycles. The lowest BCUT2D eigenvalue weighted by atomic mass is 10.1. The lowest BCUT2D eigenvalue weighted by molar-refractivity contribution is -0.115. The maximum absolute atomic E-state index is 12.1. The fourth-order valence-corrected chi connectivity index (χ4v) is 3.69. The monoisotopic (exact) mass is 359 g/mol. The van der Waals surface area contributed by atoms with Gasteiger partial charge in [-0.15, -0.1) is 21.5 Å². The number of amides is 1. The van der Waals surface area contributed by atoms with Gasteiger partial charge in [0, 0.05) is 18.6 Å². The Morgan fingerprint density at radius 3 is 2.96 bits per heavy atom. The minimum absolute atomic E-state index is 0.184. The highest BCUT2D eigenvalue weighted by molar-refractivity contribution is 7.99. The predicted octanol–water partition coefficient (Wildman–Crippen LogP) is 2.45. The SMILES string of the molecule is CCc1ccccc1-n1cnnc1SCC(=O)N=c1sccn1C. The second kappa shape index (κ2) is 7.59. The summed E-state index contributed by atoms with van der Waals surface area (Å²) >= 11 is 2.78. The summed E-state index contributed by atoms with van der Waals surface area (Å²) in [6, 6.07) is 8.12. The Labute approximate surface area is 147 Å². The molecule has 0 bridgehead atoms. The van der Waals surface area contributed by atoms with Crippen molar-refractivity contribution in [1.82, 2.24) is 19.3 Å². The van der Waals surface area contributed by atoms with Gasteiger partial charge in [0.15, 0.2) is 9.96 Å². The van der Waals surface area contributed by atoms with Gasteiger partial charge in [-0.3, -0.25) is 9.36 Å². The van der Waals surface area contributed by atoms with Gasteiger partial charge >= 0.3 is 0 Å². The van der Waals surface area contributed by atoms with E-state index in [4.69, 9.17) is 0 Å². The number of hydrogen-bond donors (Lipinski definition) is 0. The summed E-state index contributed by atoms with van der Waals surface area (Å²) in [5.41, 5.74) is 2.25. The Morgan fingerprint density at radius 2 is 2.21 bits per heavy atom. The van der Waals surface area contributed by atoms with Crippen LogP contribution in [-0.4, -0.2) is 31.0 Å². The first-order valence-corrected chi connectivity index (χ1v) is 9.34. The van der Waals surface area contributed by atoms with Gasteiger partial charge in [0.05, 0.1) is 11.4 Å². The lowest BCUT2D eigenvalue weighted by Gasteiger charge is -2.10. The van der Waals surface area contributed by atoms with Crippen molar-refractivity contribution >= 4 is 29.0 Å². The maximum Gasteiger partial charge on any atom is 0.258 e. The average Bonchev–Trinajstić information content (AvgIpc) is 3.22. The zero-order chi connectivity index (χ0) is 16.9. The molecule has 0 atom stereocenters. The lowest BCUT2D eigenvalue weighted by Crippen LogP contribution is -2.13. The van der Waals surface area contributed by atoms with Crippen molar-refractivity contribution in [1.29, 1.82) is 0 Å². The van der Waals surface area contributed by atoms with E-state index in [1.807, 2.05) is 46.0 Å². The van der Waals surface area contributed by atoms with E-state index < -0.39 is 0 Å². The third-order valence-electron chi connectivity index (χ3n) is 3.45. The molecule has 0 spiro atoms. The molecule has 1 amide bonds. The second-order valence-corrected chi connectivity index (χ2v) is 6.87. The van der Waals surface area contributed by atoms with E-state index in [0.717, 1.165) is 12.1 Å². The molecular formula is C16H17N5OS2. The highest BCUT2D eigenvalue weighted by Gasteiger charge is 2.12. The molecule has 0 N–H and O–H groups in total. The molecule has 0 aliphatic rings. The Hall–Kier alpha value is -2.19. The van der Waals surface area contributed by atoms with Crippen LogP contribution in [0.15, 0.2) is 52.3 Å². The quantitative estimate of drug-likeness (QED) is 0.657. The van der Waals surface area contributed by atoms with Crippen molar-refractivity contribution in [3.63, 3.8) is 0 Å². The van der Waals surface area contributed by atoms with Crippen LogP contribution in [0.2, 0.25) is 0 Å². The van der Waals surface area contributed by atoms with Crippen molar-refractivity contribution in [2.24, 2.45) is 12.0 Å². The molecule has 0 aliphatic carbocycles. The molecule has 3 aromatic rings. The zero-order valence-corrected chi connectivity index (χ0v) is 15.0. The van der Waals surface area contributed by atoms with Crippen molar-refractivity contribution in [3.05, 3.63) is 52.5 Å². The number of rotatable bonds is 5. The molecule has 0 fully saturated rings. The molecule has 2 heterocycles. The van der Waals surface area contributed by atoms with Gasteiger partial charge in [-0.2, -0.15) is 4.99 Å². The minimum atomic E-state index is -0.184. The third kappa shape index (κ3) is 3.65. The summed E-state index contributed by atoms with van der Waals surface area (Å²) in [7, 11) is 1.87. The van der Waals surface area contributed by atoms with Crippen molar-refractivity contribution < 1.29 is 4.79 Å². The van der Waals surface area contributed by atoms with Gasteiger partial charge in [0.2, 0.25) is 0 Å². The van der Waals surface area contributed by atoms with Gasteiger partial charge in [-0.25, -0.2) is 0 Å². The van der Waals surface area contributed by atoms with Crippen LogP contribution in [0.5, 0.6) is 0 Å². The number of hydrogen-bond acceptors (Lipinski definition) is 5. The maximum atomic E-state index is 12.1. The number of thiazole rings is 1. The Kier molecular flexibility index (Phi) is 5.27. The van der Waals surface area contributed by atoms with E-state index in [9.17, 15) is 4.79 Å². The fourth-order valence-electron chi connectivity index (χ4n) is 2.23. The Bertz CT molecular complexity index is 909. The van der Waals surface area contributed by atoms with Crippen LogP contribution < -0.4 is 4.80 Å². The minimum Gasteiger partial charge on any atom is -0.327 e. The number of aromatic nitrogens is 4. The summed E-state index contributed by atoms with van der Waals surface area (Å²) in [5.74, 6) is 0.0432. The Balaban J connectivity index is 1.77. The van der Waals surface area contributed by atoms with E-state index in [0.29, 0.717) is 9.96 Å². The topological polar surface area (TPSA) is 65.1 Å². The normalized spacial score (nSPS) is 11.8. The van der Waals surface area contributed by atoms with Crippen LogP contribution in [-0.2, 0) is 18.3 Å². The van der Waals surface area contributed by atoms with Gasteiger partial charge in [0.25, 0.3) is 5.91 Å². The van der Waals surface area contributed by atoms with Crippen molar-refractivity contribution in [2.75, 3.05) is 5.75 Å². The fraction of sp³-hybridized carbons (Fsp3) is 0.250. The van der Waals surface area contributed by atoms with E-state index in [1.165, 1.54) is 28.7 Å². The number of thioether (sulfide) groups is 1. The van der Waals surface area contributed by atoms with Crippen molar-refractivity contribution in [2.45, 2.75) is 18.5 Å². The van der Waals surface area contributed by atoms with E-state index in [-0.39, 0.29) is 11.7 Å². The van der Waals surface area contributed by atoms with Gasteiger partial charge in [-0.1, -0.05) is 36.9 Å². The number of carbonyl (C=O) groups excluding carboxylic acids is 1. The summed E-state index contributed by atoms with van der Waals surface area (Å²) in [6.07, 6.45) is 4.47. The summed E-state index contributed by atoms with van der Waals surface area (Å²) in [5, 5.41) is 10.7. The van der Waals surface area contributed by atoms with Crippen LogP contribution in [0.4, 0.5) is 0 Å². The number of benzene rings is 1. The molecular weight excluding hydrogens is 342 g/mol. The van der Waals surface area contributed by atoms with E-state index in [2.05, 4.69) is 28.2 Å². The predicted molar refractivity (Wildman–Crippen MR) is 95.3 cm³/mol. The van der Waals surface area contributed by atoms with Crippen LogP contribution in [0.1, 0.15) is 12.5 Å². The van der Waals surface area contributed by atoms with Crippen LogP contribution in [0.25, 0.3) is 5.69 Å². The summed E-state index contributed by atoms with van der Waals surface area (Å²) in [6.45, 7) is 2.11. The molecule has 0 radical (unpaired) electrons. The zero-order valence-electron chi connectivity index (χ0n) is 13.4. The third-order valence-corrected chi connectivity index (χ3v) is 5.23. The second-order valence-electron chi connectivity index (χ2n) is 5.06. The van der Waals surface area contributed by atoms with E-state index in [1.54, 1.807) is 6.33 Å². The average molecular weight is 359 g/mol. The van der Waals surface area contributed by atoms with Crippen molar-refractivity contribution in [3.8, 4) is 5.69 Å². The van der Waals surface area contributed by atoms with Gasteiger partial charge in [0.1, 0.15) is 6.33 Å². The van der Waals surface area contributed by atoms with Crippen LogP contribution in [0.3, 0.4) is 0 Å². The molecule has 124 valence electrons. The molecule has 0 unspecified atom stereocenters. The van der Waals surface area contributed by atoms with Crippen LogP contribution >= 0.6 is 23.1 Å². The first kappa shape index (κ1) is 16.7. The molecule has 0 saturated heterocycles. The molecule has 0 aliphatic heterocycles. The first-order chi connectivity index (χ1) is 11.7. The molecule has 8 heteroatoms.